The molecule has 1 aromatic heterocycles. The molecule has 3 aromatic carbocycles. The van der Waals surface area contributed by atoms with E-state index in [9.17, 15) is 10.1 Å². The molecule has 5 nitrogen and oxygen atoms in total. The number of nitriles is 1. The van der Waals surface area contributed by atoms with Crippen molar-refractivity contribution in [2.45, 2.75) is 12.6 Å². The summed E-state index contributed by atoms with van der Waals surface area (Å²) >= 11 is 0. The monoisotopic (exact) mass is 404 g/mol. The van der Waals surface area contributed by atoms with Crippen molar-refractivity contribution in [1.29, 1.82) is 5.26 Å². The van der Waals surface area contributed by atoms with E-state index < -0.39 is 0 Å². The van der Waals surface area contributed by atoms with Gasteiger partial charge in [-0.3, -0.25) is 4.79 Å². The van der Waals surface area contributed by atoms with Crippen LogP contribution in [0.15, 0.2) is 85.5 Å². The maximum atomic E-state index is 13.6. The number of para-hydroxylation sites is 1. The Labute approximate surface area is 180 Å². The third-order valence-corrected chi connectivity index (χ3v) is 5.74. The lowest BCUT2D eigenvalue weighted by atomic mass is 10.1. The Morgan fingerprint density at radius 2 is 1.77 bits per heavy atom. The minimum Gasteiger partial charge on any atom is -0.332 e. The van der Waals surface area contributed by atoms with E-state index in [1.165, 1.54) is 0 Å². The molecule has 1 atom stereocenters. The predicted molar refractivity (Wildman–Crippen MR) is 120 cm³/mol. The average molecular weight is 404 g/mol. The number of nitrogens with zero attached hydrogens (tertiary/aromatic N) is 4. The summed E-state index contributed by atoms with van der Waals surface area (Å²) in [6.45, 7) is 5.05. The van der Waals surface area contributed by atoms with Crippen LogP contribution in [0.3, 0.4) is 0 Å². The Hall–Kier alpha value is -4.17. The third-order valence-electron chi connectivity index (χ3n) is 5.74. The number of carbonyl (C=O) groups is 1. The van der Waals surface area contributed by atoms with Crippen molar-refractivity contribution in [3.05, 3.63) is 102 Å². The number of amides is 1. The Kier molecular flexibility index (Phi) is 4.61. The van der Waals surface area contributed by atoms with E-state index in [0.717, 1.165) is 22.2 Å². The second kappa shape index (κ2) is 7.58. The van der Waals surface area contributed by atoms with Crippen molar-refractivity contribution in [3.8, 4) is 17.5 Å². The molecular formula is C26H20N4O. The SMILES string of the molecule is C=C[C@H]1CN(Cc2ccccc2)C(=O)c2cccc3nc(-c4ccccc4C#N)n1c23. The molecule has 0 unspecified atom stereocenters. The van der Waals surface area contributed by atoms with Crippen molar-refractivity contribution >= 4 is 16.9 Å². The van der Waals surface area contributed by atoms with Crippen molar-refractivity contribution < 1.29 is 4.79 Å². The van der Waals surface area contributed by atoms with Crippen molar-refractivity contribution in [1.82, 2.24) is 14.5 Å². The van der Waals surface area contributed by atoms with Gasteiger partial charge < -0.3 is 9.47 Å². The maximum absolute atomic E-state index is 13.6. The lowest BCUT2D eigenvalue weighted by Gasteiger charge is -2.25. The topological polar surface area (TPSA) is 61.9 Å². The average Bonchev–Trinajstić information content (AvgIpc) is 3.16. The fourth-order valence-electron chi connectivity index (χ4n) is 4.29. The van der Waals surface area contributed by atoms with Crippen LogP contribution in [0.25, 0.3) is 22.4 Å². The van der Waals surface area contributed by atoms with Crippen LogP contribution in [-0.4, -0.2) is 26.9 Å². The maximum Gasteiger partial charge on any atom is 0.256 e. The highest BCUT2D eigenvalue weighted by molar-refractivity contribution is 6.06. The van der Waals surface area contributed by atoms with Gasteiger partial charge in [0.1, 0.15) is 5.82 Å². The van der Waals surface area contributed by atoms with Gasteiger partial charge in [-0.2, -0.15) is 5.26 Å². The van der Waals surface area contributed by atoms with Gasteiger partial charge in [-0.1, -0.05) is 54.6 Å². The van der Waals surface area contributed by atoms with Crippen LogP contribution in [0.2, 0.25) is 0 Å². The molecule has 5 rings (SSSR count). The van der Waals surface area contributed by atoms with Crippen molar-refractivity contribution in [2.24, 2.45) is 0 Å². The largest absolute Gasteiger partial charge is 0.332 e. The van der Waals surface area contributed by atoms with E-state index in [1.54, 1.807) is 6.07 Å². The fourth-order valence-corrected chi connectivity index (χ4v) is 4.29. The number of carbonyl (C=O) groups excluding carboxylic acids is 1. The van der Waals surface area contributed by atoms with Gasteiger partial charge in [0.25, 0.3) is 5.91 Å². The van der Waals surface area contributed by atoms with Crippen molar-refractivity contribution in [2.75, 3.05) is 6.54 Å². The highest BCUT2D eigenvalue weighted by Crippen LogP contribution is 2.35. The fraction of sp³-hybridized carbons (Fsp3) is 0.115. The Balaban J connectivity index is 1.72. The first-order chi connectivity index (χ1) is 15.2. The van der Waals surface area contributed by atoms with E-state index in [1.807, 2.05) is 77.7 Å². The predicted octanol–water partition coefficient (Wildman–Crippen LogP) is 4.96. The van der Waals surface area contributed by atoms with Gasteiger partial charge in [0.15, 0.2) is 0 Å². The molecule has 0 aliphatic carbocycles. The second-order valence-electron chi connectivity index (χ2n) is 7.61. The molecular weight excluding hydrogens is 384 g/mol. The molecule has 2 heterocycles. The molecule has 0 saturated heterocycles. The smallest absolute Gasteiger partial charge is 0.256 e. The highest BCUT2D eigenvalue weighted by Gasteiger charge is 2.31. The van der Waals surface area contributed by atoms with Crippen LogP contribution < -0.4 is 0 Å². The highest BCUT2D eigenvalue weighted by atomic mass is 16.2. The Bertz CT molecular complexity index is 1350. The lowest BCUT2D eigenvalue weighted by molar-refractivity contribution is 0.0738. The summed E-state index contributed by atoms with van der Waals surface area (Å²) in [7, 11) is 0. The third kappa shape index (κ3) is 3.10. The molecule has 1 aliphatic rings. The van der Waals surface area contributed by atoms with E-state index >= 15 is 0 Å². The van der Waals surface area contributed by atoms with Gasteiger partial charge in [0.05, 0.1) is 34.3 Å². The van der Waals surface area contributed by atoms with Crippen LogP contribution in [0.1, 0.15) is 27.5 Å². The van der Waals surface area contributed by atoms with Crippen LogP contribution >= 0.6 is 0 Å². The number of rotatable bonds is 4. The zero-order valence-corrected chi connectivity index (χ0v) is 16.9. The zero-order chi connectivity index (χ0) is 21.4. The number of benzene rings is 3. The summed E-state index contributed by atoms with van der Waals surface area (Å²) in [4.78, 5) is 20.3. The number of imidazole rings is 1. The van der Waals surface area contributed by atoms with E-state index in [-0.39, 0.29) is 11.9 Å². The molecule has 0 N–H and O–H groups in total. The summed E-state index contributed by atoms with van der Waals surface area (Å²) in [6.07, 6.45) is 1.85. The molecule has 1 aliphatic heterocycles. The number of hydrogen-bond acceptors (Lipinski definition) is 3. The van der Waals surface area contributed by atoms with Gasteiger partial charge in [-0.25, -0.2) is 4.98 Å². The van der Waals surface area contributed by atoms with Crippen LogP contribution in [0, 0.1) is 11.3 Å². The lowest BCUT2D eigenvalue weighted by Crippen LogP contribution is -2.33. The van der Waals surface area contributed by atoms with Crippen LogP contribution in [0.4, 0.5) is 0 Å². The summed E-state index contributed by atoms with van der Waals surface area (Å²) in [5.74, 6) is 0.652. The van der Waals surface area contributed by atoms with E-state index in [0.29, 0.717) is 30.0 Å². The molecule has 0 spiro atoms. The molecule has 4 aromatic rings. The van der Waals surface area contributed by atoms with Gasteiger partial charge in [-0.15, -0.1) is 6.58 Å². The normalized spacial score (nSPS) is 15.5. The number of aromatic nitrogens is 2. The first-order valence-corrected chi connectivity index (χ1v) is 10.2. The molecule has 5 heteroatoms. The summed E-state index contributed by atoms with van der Waals surface area (Å²) in [5.41, 5.74) is 4.52. The van der Waals surface area contributed by atoms with E-state index in [2.05, 4.69) is 17.2 Å². The number of hydrogen-bond donors (Lipinski definition) is 0. The van der Waals surface area contributed by atoms with Crippen LogP contribution in [-0.2, 0) is 6.54 Å². The minimum atomic E-state index is -0.178. The Morgan fingerprint density at radius 3 is 2.55 bits per heavy atom. The molecule has 31 heavy (non-hydrogen) atoms. The molecule has 150 valence electrons. The molecule has 0 radical (unpaired) electrons. The molecule has 0 bridgehead atoms. The summed E-state index contributed by atoms with van der Waals surface area (Å²) in [6, 6.07) is 25.1. The molecule has 0 fully saturated rings. The standard InChI is InChI=1S/C26H20N4O/c1-2-20-17-29(16-18-9-4-3-5-10-18)26(31)22-13-8-14-23-24(22)30(20)25(28-23)21-12-7-6-11-19(21)15-27/h2-14,20H,1,16-17H2/t20-/m0/s1. The first kappa shape index (κ1) is 18.8. The quantitative estimate of drug-likeness (QED) is 0.452. The summed E-state index contributed by atoms with van der Waals surface area (Å²) < 4.78 is 2.07. The summed E-state index contributed by atoms with van der Waals surface area (Å²) in [5, 5.41) is 9.64. The van der Waals surface area contributed by atoms with Gasteiger partial charge in [-0.05, 0) is 29.8 Å². The minimum absolute atomic E-state index is 0.0277. The Morgan fingerprint density at radius 1 is 1.03 bits per heavy atom. The van der Waals surface area contributed by atoms with Crippen molar-refractivity contribution in [3.63, 3.8) is 0 Å². The zero-order valence-electron chi connectivity index (χ0n) is 16.9. The molecule has 1 amide bonds. The second-order valence-corrected chi connectivity index (χ2v) is 7.61. The van der Waals surface area contributed by atoms with Gasteiger partial charge >= 0.3 is 0 Å². The van der Waals surface area contributed by atoms with E-state index in [4.69, 9.17) is 4.98 Å². The molecule has 0 saturated carbocycles. The van der Waals surface area contributed by atoms with Gasteiger partial charge in [0, 0.05) is 18.7 Å². The van der Waals surface area contributed by atoms with Gasteiger partial charge in [0.2, 0.25) is 0 Å². The first-order valence-electron chi connectivity index (χ1n) is 10.2. The van der Waals surface area contributed by atoms with Crippen LogP contribution in [0.5, 0.6) is 0 Å².